The molecule has 168 valence electrons. The van der Waals surface area contributed by atoms with Crippen LogP contribution in [0.3, 0.4) is 0 Å². The number of carboxylic acid groups (broad SMARTS) is 1. The minimum Gasteiger partial charge on any atom is -0.481 e. The normalized spacial score (nSPS) is 22.9. The fourth-order valence-corrected chi connectivity index (χ4v) is 4.63. The number of aliphatic hydroxyl groups excluding tert-OH is 1. The molecule has 0 fully saturated rings. The van der Waals surface area contributed by atoms with E-state index < -0.39 is 48.3 Å². The Morgan fingerprint density at radius 3 is 2.59 bits per heavy atom. The van der Waals surface area contributed by atoms with Crippen molar-refractivity contribution in [3.05, 3.63) is 59.4 Å². The number of benzene rings is 1. The largest absolute Gasteiger partial charge is 0.481 e. The second-order valence-electron chi connectivity index (χ2n) is 8.29. The molecule has 1 aliphatic carbocycles. The first kappa shape index (κ1) is 21.8. The number of hydrogen-bond donors (Lipinski definition) is 4. The second-order valence-corrected chi connectivity index (χ2v) is 8.29. The van der Waals surface area contributed by atoms with E-state index in [0.29, 0.717) is 18.4 Å². The van der Waals surface area contributed by atoms with Gasteiger partial charge in [0.1, 0.15) is 11.8 Å². The van der Waals surface area contributed by atoms with E-state index in [2.05, 4.69) is 10.6 Å². The first-order valence-electron chi connectivity index (χ1n) is 10.6. The Labute approximate surface area is 184 Å². The van der Waals surface area contributed by atoms with Crippen LogP contribution in [0.15, 0.2) is 42.6 Å². The van der Waals surface area contributed by atoms with E-state index in [4.69, 9.17) is 0 Å². The van der Waals surface area contributed by atoms with Crippen molar-refractivity contribution in [1.29, 1.82) is 0 Å². The Morgan fingerprint density at radius 2 is 1.91 bits per heavy atom. The molecule has 1 aromatic carbocycles. The number of nitrogens with one attached hydrogen (secondary N) is 2. The highest BCUT2D eigenvalue weighted by Crippen LogP contribution is 2.38. The highest BCUT2D eigenvalue weighted by molar-refractivity contribution is 5.98. The first-order chi connectivity index (χ1) is 15.4. The summed E-state index contributed by atoms with van der Waals surface area (Å²) in [4.78, 5) is 49.9. The summed E-state index contributed by atoms with van der Waals surface area (Å²) in [6, 6.07) is 8.52. The van der Waals surface area contributed by atoms with Crippen LogP contribution >= 0.6 is 0 Å². The molecule has 0 spiro atoms. The Bertz CT molecular complexity index is 1050. The smallest absolute Gasteiger partial charge is 0.308 e. The van der Waals surface area contributed by atoms with E-state index in [1.807, 2.05) is 10.6 Å². The van der Waals surface area contributed by atoms with Gasteiger partial charge in [-0.1, -0.05) is 18.2 Å². The van der Waals surface area contributed by atoms with Gasteiger partial charge in [-0.05, 0) is 36.6 Å². The van der Waals surface area contributed by atoms with Crippen LogP contribution in [0.4, 0.5) is 0 Å². The SMILES string of the molecule is O=C(NC(CO)C(=O)N[C@H]1CCc2ccn3c2C1C(=O)C[C@H](C(=O)O)C3)c1ccccc1. The van der Waals surface area contributed by atoms with Crippen LogP contribution in [0.1, 0.15) is 40.4 Å². The van der Waals surface area contributed by atoms with Crippen molar-refractivity contribution in [1.82, 2.24) is 15.2 Å². The quantitative estimate of drug-likeness (QED) is 0.516. The summed E-state index contributed by atoms with van der Waals surface area (Å²) in [6.45, 7) is -0.390. The maximum Gasteiger partial charge on any atom is 0.308 e. The number of carboxylic acids is 1. The number of carbonyl (C=O) groups is 4. The minimum absolute atomic E-state index is 0.109. The highest BCUT2D eigenvalue weighted by Gasteiger charge is 2.42. The lowest BCUT2D eigenvalue weighted by Gasteiger charge is -2.33. The lowest BCUT2D eigenvalue weighted by Crippen LogP contribution is -2.54. The molecule has 4 atom stereocenters. The number of amides is 2. The molecule has 4 rings (SSSR count). The molecular weight excluding hydrogens is 414 g/mol. The summed E-state index contributed by atoms with van der Waals surface area (Å²) in [5.41, 5.74) is 2.10. The maximum absolute atomic E-state index is 13.1. The van der Waals surface area contributed by atoms with Crippen molar-refractivity contribution in [2.75, 3.05) is 6.61 Å². The molecule has 0 bridgehead atoms. The van der Waals surface area contributed by atoms with Crippen molar-refractivity contribution in [3.63, 3.8) is 0 Å². The Balaban J connectivity index is 1.52. The van der Waals surface area contributed by atoms with Gasteiger partial charge in [0.25, 0.3) is 5.91 Å². The third-order valence-corrected chi connectivity index (χ3v) is 6.24. The molecule has 9 nitrogen and oxygen atoms in total. The predicted octanol–water partition coefficient (Wildman–Crippen LogP) is 0.467. The summed E-state index contributed by atoms with van der Waals surface area (Å²) in [7, 11) is 0. The van der Waals surface area contributed by atoms with Crippen LogP contribution in [0.2, 0.25) is 0 Å². The molecule has 9 heteroatoms. The molecule has 2 aromatic rings. The van der Waals surface area contributed by atoms with Crippen LogP contribution in [0, 0.1) is 5.92 Å². The second kappa shape index (κ2) is 8.96. The summed E-state index contributed by atoms with van der Waals surface area (Å²) in [5.74, 6) is -3.81. The van der Waals surface area contributed by atoms with Gasteiger partial charge in [-0.25, -0.2) is 0 Å². The van der Waals surface area contributed by atoms with Crippen LogP contribution in [-0.2, 0) is 27.3 Å². The van der Waals surface area contributed by atoms with Gasteiger partial charge in [0, 0.05) is 36.5 Å². The predicted molar refractivity (Wildman–Crippen MR) is 113 cm³/mol. The minimum atomic E-state index is -1.18. The van der Waals surface area contributed by atoms with Crippen LogP contribution < -0.4 is 10.6 Å². The third kappa shape index (κ3) is 4.16. The lowest BCUT2D eigenvalue weighted by molar-refractivity contribution is -0.144. The van der Waals surface area contributed by atoms with Gasteiger partial charge >= 0.3 is 5.97 Å². The number of rotatable bonds is 6. The summed E-state index contributed by atoms with van der Waals surface area (Å²) in [5, 5.41) is 24.5. The molecule has 2 unspecified atom stereocenters. The number of aliphatic carboxylic acids is 1. The highest BCUT2D eigenvalue weighted by atomic mass is 16.4. The van der Waals surface area contributed by atoms with E-state index in [9.17, 15) is 29.4 Å². The number of nitrogens with zero attached hydrogens (tertiary/aromatic N) is 1. The molecular formula is C23H25N3O6. The Kier molecular flexibility index (Phi) is 6.09. The number of carbonyl (C=O) groups excluding carboxylic acids is 3. The number of aromatic nitrogens is 1. The average Bonchev–Trinajstić information content (AvgIpc) is 3.12. The van der Waals surface area contributed by atoms with E-state index in [1.54, 1.807) is 36.5 Å². The van der Waals surface area contributed by atoms with Crippen molar-refractivity contribution < 1.29 is 29.4 Å². The fraction of sp³-hybridized carbons (Fsp3) is 0.391. The van der Waals surface area contributed by atoms with E-state index in [0.717, 1.165) is 11.3 Å². The van der Waals surface area contributed by atoms with Gasteiger partial charge in [-0.3, -0.25) is 19.2 Å². The molecule has 0 saturated heterocycles. The monoisotopic (exact) mass is 439 g/mol. The van der Waals surface area contributed by atoms with Crippen LogP contribution in [0.5, 0.6) is 0 Å². The van der Waals surface area contributed by atoms with E-state index in [-0.39, 0.29) is 18.7 Å². The molecule has 2 heterocycles. The van der Waals surface area contributed by atoms with Crippen molar-refractivity contribution in [2.24, 2.45) is 5.92 Å². The summed E-state index contributed by atoms with van der Waals surface area (Å²) in [6.07, 6.45) is 2.82. The number of ketones is 1. The summed E-state index contributed by atoms with van der Waals surface area (Å²) < 4.78 is 1.81. The molecule has 2 amide bonds. The number of aliphatic hydroxyl groups is 1. The van der Waals surface area contributed by atoms with Crippen LogP contribution in [0.25, 0.3) is 0 Å². The molecule has 2 aliphatic rings. The number of hydrogen-bond acceptors (Lipinski definition) is 5. The molecule has 1 aliphatic heterocycles. The molecule has 4 N–H and O–H groups in total. The van der Waals surface area contributed by atoms with Gasteiger partial charge in [-0.15, -0.1) is 0 Å². The number of Topliss-reactive ketones (excluding diaryl/α,β-unsaturated/α-hetero) is 1. The van der Waals surface area contributed by atoms with Gasteiger partial charge in [0.15, 0.2) is 0 Å². The zero-order valence-corrected chi connectivity index (χ0v) is 17.4. The third-order valence-electron chi connectivity index (χ3n) is 6.24. The van der Waals surface area contributed by atoms with Crippen molar-refractivity contribution in [2.45, 2.75) is 43.8 Å². The maximum atomic E-state index is 13.1. The van der Waals surface area contributed by atoms with Crippen molar-refractivity contribution in [3.8, 4) is 0 Å². The average molecular weight is 439 g/mol. The Morgan fingerprint density at radius 1 is 1.16 bits per heavy atom. The van der Waals surface area contributed by atoms with Gasteiger partial charge in [0.05, 0.1) is 18.4 Å². The van der Waals surface area contributed by atoms with Gasteiger partial charge in [-0.2, -0.15) is 0 Å². The zero-order chi connectivity index (χ0) is 22.8. The molecule has 1 aromatic heterocycles. The molecule has 32 heavy (non-hydrogen) atoms. The standard InChI is InChI=1S/C23H25N3O6/c27-12-17(25-21(29)14-4-2-1-3-5-14)22(30)24-16-7-6-13-8-9-26-11-15(23(31)32)10-18(28)19(16)20(13)26/h1-5,8-9,15-17,19,27H,6-7,10-12H2,(H,24,30)(H,25,29)(H,31,32)/t15-,16-,17?,19?/m0/s1. The van der Waals surface area contributed by atoms with Crippen LogP contribution in [-0.4, -0.2) is 57.0 Å². The van der Waals surface area contributed by atoms with Gasteiger partial charge in [0.2, 0.25) is 5.91 Å². The first-order valence-corrected chi connectivity index (χ1v) is 10.6. The van der Waals surface area contributed by atoms with E-state index in [1.165, 1.54) is 0 Å². The topological polar surface area (TPSA) is 138 Å². The van der Waals surface area contributed by atoms with E-state index >= 15 is 0 Å². The van der Waals surface area contributed by atoms with Gasteiger partial charge < -0.3 is 25.4 Å². The zero-order valence-electron chi connectivity index (χ0n) is 17.4. The summed E-state index contributed by atoms with van der Waals surface area (Å²) >= 11 is 0. The fourth-order valence-electron chi connectivity index (χ4n) is 4.63. The number of aryl methyl sites for hydroxylation is 1. The lowest BCUT2D eigenvalue weighted by atomic mass is 9.79. The Hall–Kier alpha value is -3.46. The molecule has 0 saturated carbocycles. The van der Waals surface area contributed by atoms with Crippen molar-refractivity contribution >= 4 is 23.6 Å². The molecule has 0 radical (unpaired) electrons.